The number of nitrogens with one attached hydrogen (secondary N) is 1. The third-order valence-electron chi connectivity index (χ3n) is 3.73. The van der Waals surface area contributed by atoms with Crippen LogP contribution >= 0.6 is 0 Å². The lowest BCUT2D eigenvalue weighted by atomic mass is 10.0. The highest BCUT2D eigenvalue weighted by Gasteiger charge is 2.24. The summed E-state index contributed by atoms with van der Waals surface area (Å²) in [5.74, 6) is 6.12. The molecule has 0 saturated carbocycles. The molecule has 21 heavy (non-hydrogen) atoms. The van der Waals surface area contributed by atoms with Crippen molar-refractivity contribution in [3.05, 3.63) is 34.9 Å². The minimum Gasteiger partial charge on any atom is -0.378 e. The third-order valence-corrected chi connectivity index (χ3v) is 3.73. The summed E-state index contributed by atoms with van der Waals surface area (Å²) in [6, 6.07) is 5.63. The molecule has 1 aromatic carbocycles. The molecule has 2 rings (SSSR count). The van der Waals surface area contributed by atoms with Gasteiger partial charge in [-0.3, -0.25) is 4.79 Å². The van der Waals surface area contributed by atoms with Crippen LogP contribution in [0.3, 0.4) is 0 Å². The van der Waals surface area contributed by atoms with Crippen molar-refractivity contribution < 1.29 is 9.53 Å². The van der Waals surface area contributed by atoms with Crippen LogP contribution in [0.1, 0.15) is 34.8 Å². The van der Waals surface area contributed by atoms with Gasteiger partial charge in [0.1, 0.15) is 0 Å². The molecule has 4 heteroatoms. The molecule has 1 aliphatic heterocycles. The van der Waals surface area contributed by atoms with Gasteiger partial charge < -0.3 is 15.8 Å². The smallest absolute Gasteiger partial charge is 0.251 e. The number of rotatable bonds is 3. The molecular weight excluding hydrogens is 264 g/mol. The van der Waals surface area contributed by atoms with E-state index in [-0.39, 0.29) is 12.0 Å². The Hall–Kier alpha value is -1.83. The number of carbonyl (C=O) groups excluding carboxylic acids is 1. The number of carbonyl (C=O) groups is 1. The number of amides is 1. The summed E-state index contributed by atoms with van der Waals surface area (Å²) < 4.78 is 5.50. The van der Waals surface area contributed by atoms with Gasteiger partial charge in [-0.1, -0.05) is 11.8 Å². The van der Waals surface area contributed by atoms with Gasteiger partial charge in [-0.05, 0) is 44.0 Å². The fourth-order valence-corrected chi connectivity index (χ4v) is 2.51. The summed E-state index contributed by atoms with van der Waals surface area (Å²) in [6.45, 7) is 5.76. The second kappa shape index (κ2) is 7.26. The molecule has 1 saturated heterocycles. The van der Waals surface area contributed by atoms with E-state index in [9.17, 15) is 4.79 Å². The zero-order valence-electron chi connectivity index (χ0n) is 12.6. The summed E-state index contributed by atoms with van der Waals surface area (Å²) in [5.41, 5.74) is 7.86. The van der Waals surface area contributed by atoms with E-state index in [1.165, 1.54) is 0 Å². The van der Waals surface area contributed by atoms with E-state index in [1.807, 2.05) is 19.1 Å². The Labute approximate surface area is 126 Å². The largest absolute Gasteiger partial charge is 0.378 e. The molecule has 0 aromatic heterocycles. The average Bonchev–Trinajstić information content (AvgIpc) is 2.87. The fraction of sp³-hybridized carbons (Fsp3) is 0.471. The minimum absolute atomic E-state index is 0.0615. The van der Waals surface area contributed by atoms with Crippen LogP contribution in [0.4, 0.5) is 0 Å². The zero-order chi connectivity index (χ0) is 15.2. The Bertz CT molecular complexity index is 572. The normalized spacial score (nSPS) is 20.7. The van der Waals surface area contributed by atoms with Crippen LogP contribution in [-0.2, 0) is 4.74 Å². The lowest BCUT2D eigenvalue weighted by Gasteiger charge is -2.15. The van der Waals surface area contributed by atoms with Gasteiger partial charge in [0.2, 0.25) is 0 Å². The van der Waals surface area contributed by atoms with Crippen LogP contribution in [0.5, 0.6) is 0 Å². The van der Waals surface area contributed by atoms with Crippen LogP contribution in [-0.4, -0.2) is 31.7 Å². The summed E-state index contributed by atoms with van der Waals surface area (Å²) in [4.78, 5) is 12.3. The van der Waals surface area contributed by atoms with E-state index in [2.05, 4.69) is 24.1 Å². The highest BCUT2D eigenvalue weighted by atomic mass is 16.5. The molecule has 0 aliphatic carbocycles. The van der Waals surface area contributed by atoms with Crippen molar-refractivity contribution in [2.24, 2.45) is 11.7 Å². The van der Waals surface area contributed by atoms with E-state index < -0.39 is 0 Å². The number of nitrogens with two attached hydrogens (primary N) is 1. The van der Waals surface area contributed by atoms with Crippen molar-refractivity contribution in [3.8, 4) is 11.8 Å². The molecule has 1 heterocycles. The van der Waals surface area contributed by atoms with Crippen molar-refractivity contribution in [1.82, 2.24) is 5.32 Å². The Balaban J connectivity index is 2.03. The summed E-state index contributed by atoms with van der Waals surface area (Å²) >= 11 is 0. The Morgan fingerprint density at radius 1 is 1.48 bits per heavy atom. The average molecular weight is 286 g/mol. The van der Waals surface area contributed by atoms with Gasteiger partial charge in [0.25, 0.3) is 5.91 Å². The van der Waals surface area contributed by atoms with Crippen molar-refractivity contribution in [1.29, 1.82) is 0 Å². The maximum absolute atomic E-state index is 12.3. The van der Waals surface area contributed by atoms with Gasteiger partial charge in [0.05, 0.1) is 12.6 Å². The predicted octanol–water partition coefficient (Wildman–Crippen LogP) is 1.46. The van der Waals surface area contributed by atoms with Gasteiger partial charge in [-0.25, -0.2) is 0 Å². The van der Waals surface area contributed by atoms with Gasteiger partial charge in [0.15, 0.2) is 0 Å². The maximum Gasteiger partial charge on any atom is 0.251 e. The quantitative estimate of drug-likeness (QED) is 0.827. The minimum atomic E-state index is -0.0615. The lowest BCUT2D eigenvalue weighted by Crippen LogP contribution is -2.32. The van der Waals surface area contributed by atoms with Crippen molar-refractivity contribution in [2.75, 3.05) is 19.7 Å². The third kappa shape index (κ3) is 4.32. The Morgan fingerprint density at radius 2 is 2.29 bits per heavy atom. The van der Waals surface area contributed by atoms with Crippen LogP contribution < -0.4 is 11.1 Å². The highest BCUT2D eigenvalue weighted by molar-refractivity contribution is 5.94. The summed E-state index contributed by atoms with van der Waals surface area (Å²) in [6.07, 6.45) is 1.22. The number of ether oxygens (including phenoxy) is 1. The molecule has 2 unspecified atom stereocenters. The van der Waals surface area contributed by atoms with Gasteiger partial charge >= 0.3 is 0 Å². The van der Waals surface area contributed by atoms with E-state index >= 15 is 0 Å². The highest BCUT2D eigenvalue weighted by Crippen LogP contribution is 2.19. The van der Waals surface area contributed by atoms with E-state index in [0.717, 1.165) is 24.2 Å². The Morgan fingerprint density at radius 3 is 2.95 bits per heavy atom. The van der Waals surface area contributed by atoms with Crippen LogP contribution in [0.25, 0.3) is 0 Å². The first kappa shape index (κ1) is 15.6. The molecule has 0 spiro atoms. The molecular formula is C17H22N2O2. The molecule has 0 radical (unpaired) electrons. The molecule has 0 bridgehead atoms. The maximum atomic E-state index is 12.3. The predicted molar refractivity (Wildman–Crippen MR) is 83.0 cm³/mol. The van der Waals surface area contributed by atoms with Crippen LogP contribution in [0, 0.1) is 24.7 Å². The van der Waals surface area contributed by atoms with E-state index in [4.69, 9.17) is 10.5 Å². The summed E-state index contributed by atoms with van der Waals surface area (Å²) in [5, 5.41) is 2.99. The molecule has 1 amide bonds. The SMILES string of the molecule is Cc1cc(C#CCN)cc(C(=O)NCC2CCOC2C)c1. The zero-order valence-corrected chi connectivity index (χ0v) is 12.6. The molecule has 112 valence electrons. The standard InChI is InChI=1S/C17H22N2O2/c1-12-8-14(4-3-6-18)10-16(9-12)17(20)19-11-15-5-7-21-13(15)2/h8-10,13,15H,5-7,11,18H2,1-2H3,(H,19,20). The van der Waals surface area contributed by atoms with Crippen LogP contribution in [0.15, 0.2) is 18.2 Å². The van der Waals surface area contributed by atoms with E-state index in [1.54, 1.807) is 6.07 Å². The topological polar surface area (TPSA) is 64.4 Å². The van der Waals surface area contributed by atoms with Crippen LogP contribution in [0.2, 0.25) is 0 Å². The first-order valence-electron chi connectivity index (χ1n) is 7.30. The lowest BCUT2D eigenvalue weighted by molar-refractivity contribution is 0.0907. The second-order valence-electron chi connectivity index (χ2n) is 5.43. The molecule has 1 fully saturated rings. The monoisotopic (exact) mass is 286 g/mol. The second-order valence-corrected chi connectivity index (χ2v) is 5.43. The van der Waals surface area contributed by atoms with Crippen molar-refractivity contribution in [2.45, 2.75) is 26.4 Å². The Kier molecular flexibility index (Phi) is 5.38. The van der Waals surface area contributed by atoms with Gasteiger partial charge in [0, 0.05) is 30.2 Å². The van der Waals surface area contributed by atoms with Crippen molar-refractivity contribution >= 4 is 5.91 Å². The first-order chi connectivity index (χ1) is 10.1. The molecule has 1 aromatic rings. The molecule has 2 atom stereocenters. The molecule has 4 nitrogen and oxygen atoms in total. The fourth-order valence-electron chi connectivity index (χ4n) is 2.51. The number of hydrogen-bond donors (Lipinski definition) is 2. The number of benzene rings is 1. The van der Waals surface area contributed by atoms with Gasteiger partial charge in [-0.15, -0.1) is 0 Å². The first-order valence-corrected chi connectivity index (χ1v) is 7.30. The number of hydrogen-bond acceptors (Lipinski definition) is 3. The van der Waals surface area contributed by atoms with Gasteiger partial charge in [-0.2, -0.15) is 0 Å². The number of aryl methyl sites for hydroxylation is 1. The van der Waals surface area contributed by atoms with E-state index in [0.29, 0.717) is 24.6 Å². The molecule has 1 aliphatic rings. The summed E-state index contributed by atoms with van der Waals surface area (Å²) in [7, 11) is 0. The van der Waals surface area contributed by atoms with Crippen molar-refractivity contribution in [3.63, 3.8) is 0 Å². The molecule has 3 N–H and O–H groups in total.